The monoisotopic (exact) mass is 496 g/mol. The largest absolute Gasteiger partial charge is 0.444 e. The molecule has 0 bridgehead atoms. The summed E-state index contributed by atoms with van der Waals surface area (Å²) in [5, 5.41) is 21.6. The van der Waals surface area contributed by atoms with E-state index in [9.17, 15) is 10.1 Å². The van der Waals surface area contributed by atoms with E-state index < -0.39 is 11.7 Å². The van der Waals surface area contributed by atoms with Crippen LogP contribution in [0.2, 0.25) is 0 Å². The van der Waals surface area contributed by atoms with Crippen LogP contribution in [0.15, 0.2) is 36.4 Å². The minimum Gasteiger partial charge on any atom is -0.444 e. The summed E-state index contributed by atoms with van der Waals surface area (Å²) in [6.45, 7) is 9.93. The van der Waals surface area contributed by atoms with E-state index in [0.29, 0.717) is 47.2 Å². The van der Waals surface area contributed by atoms with Crippen molar-refractivity contribution in [3.63, 3.8) is 0 Å². The van der Waals surface area contributed by atoms with Gasteiger partial charge in [-0.05, 0) is 82.1 Å². The molecular formula is C28H28N6O3. The summed E-state index contributed by atoms with van der Waals surface area (Å²) in [4.78, 5) is 23.8. The van der Waals surface area contributed by atoms with Gasteiger partial charge in [0.25, 0.3) is 0 Å². The van der Waals surface area contributed by atoms with Crippen LogP contribution >= 0.6 is 0 Å². The second-order valence-electron chi connectivity index (χ2n) is 9.90. The Morgan fingerprint density at radius 2 is 1.68 bits per heavy atom. The molecule has 1 aromatic heterocycles. The number of nitrogens with zero attached hydrogens (tertiary/aromatic N) is 5. The Labute approximate surface area is 216 Å². The lowest BCUT2D eigenvalue weighted by Crippen LogP contribution is -2.40. The third-order valence-electron chi connectivity index (χ3n) is 5.73. The van der Waals surface area contributed by atoms with E-state index in [-0.39, 0.29) is 6.54 Å². The fourth-order valence-electron chi connectivity index (χ4n) is 4.04. The van der Waals surface area contributed by atoms with E-state index in [1.54, 1.807) is 41.3 Å². The van der Waals surface area contributed by atoms with Crippen LogP contribution < -0.4 is 10.1 Å². The molecule has 188 valence electrons. The highest BCUT2D eigenvalue weighted by molar-refractivity contribution is 5.69. The first-order valence-electron chi connectivity index (χ1n) is 11.9. The molecule has 1 N–H and O–H groups in total. The predicted octanol–water partition coefficient (Wildman–Crippen LogP) is 5.67. The maximum Gasteiger partial charge on any atom is 0.410 e. The lowest BCUT2D eigenvalue weighted by Gasteiger charge is -2.31. The molecule has 0 saturated carbocycles. The lowest BCUT2D eigenvalue weighted by atomic mass is 10.1. The average molecular weight is 497 g/mol. The standard InChI is InChI=1S/C28H28N6O3/c1-17-12-20(15-30)13-18(2)24(17)36-25-22-16-34(27(35)37-28(3,4)5)11-10-23(22)32-26(33-25)31-21-8-6-19(14-29)7-9-21/h6-9,12-13H,10-11,16H2,1-5H3,(H,31,32,33). The first-order valence-corrected chi connectivity index (χ1v) is 11.9. The molecule has 1 aliphatic rings. The molecule has 1 aliphatic heterocycles. The Bertz CT molecular complexity index is 1410. The molecule has 3 aromatic rings. The minimum absolute atomic E-state index is 0.241. The summed E-state index contributed by atoms with van der Waals surface area (Å²) >= 11 is 0. The molecular weight excluding hydrogens is 468 g/mol. The van der Waals surface area contributed by atoms with Gasteiger partial charge < -0.3 is 19.7 Å². The van der Waals surface area contributed by atoms with Gasteiger partial charge in [-0.1, -0.05) is 0 Å². The molecule has 37 heavy (non-hydrogen) atoms. The maximum absolute atomic E-state index is 12.8. The number of amides is 1. The van der Waals surface area contributed by atoms with Crippen molar-refractivity contribution in [1.29, 1.82) is 10.5 Å². The number of carbonyl (C=O) groups excluding carboxylic acids is 1. The lowest BCUT2D eigenvalue weighted by molar-refractivity contribution is 0.0221. The zero-order chi connectivity index (χ0) is 26.7. The Morgan fingerprint density at radius 1 is 1.03 bits per heavy atom. The van der Waals surface area contributed by atoms with Crippen molar-refractivity contribution in [2.24, 2.45) is 0 Å². The highest BCUT2D eigenvalue weighted by Crippen LogP contribution is 2.35. The minimum atomic E-state index is -0.612. The summed E-state index contributed by atoms with van der Waals surface area (Å²) in [5.41, 5.74) is 4.27. The molecule has 0 saturated heterocycles. The zero-order valence-corrected chi connectivity index (χ0v) is 21.5. The third kappa shape index (κ3) is 5.96. The Kier molecular flexibility index (Phi) is 6.99. The second kappa shape index (κ2) is 10.2. The third-order valence-corrected chi connectivity index (χ3v) is 5.73. The van der Waals surface area contributed by atoms with Crippen LogP contribution in [0.5, 0.6) is 11.6 Å². The normalized spacial score (nSPS) is 12.7. The molecule has 0 radical (unpaired) electrons. The van der Waals surface area contributed by atoms with Crippen molar-refractivity contribution in [2.45, 2.75) is 53.2 Å². The van der Waals surface area contributed by atoms with Gasteiger partial charge >= 0.3 is 6.09 Å². The molecule has 2 aromatic carbocycles. The van der Waals surface area contributed by atoms with E-state index in [0.717, 1.165) is 22.5 Å². The average Bonchev–Trinajstić information content (AvgIpc) is 2.85. The topological polar surface area (TPSA) is 124 Å². The molecule has 0 aliphatic carbocycles. The van der Waals surface area contributed by atoms with Crippen molar-refractivity contribution >= 4 is 17.7 Å². The van der Waals surface area contributed by atoms with Gasteiger partial charge in [0.2, 0.25) is 11.8 Å². The molecule has 0 atom stereocenters. The van der Waals surface area contributed by atoms with Gasteiger partial charge in [-0.3, -0.25) is 0 Å². The quantitative estimate of drug-likeness (QED) is 0.490. The van der Waals surface area contributed by atoms with E-state index in [1.807, 2.05) is 34.6 Å². The number of hydrogen-bond acceptors (Lipinski definition) is 8. The van der Waals surface area contributed by atoms with Crippen LogP contribution in [-0.2, 0) is 17.7 Å². The summed E-state index contributed by atoms with van der Waals surface area (Å²) in [5.74, 6) is 1.26. The molecule has 1 amide bonds. The summed E-state index contributed by atoms with van der Waals surface area (Å²) in [7, 11) is 0. The maximum atomic E-state index is 12.8. The fourth-order valence-corrected chi connectivity index (χ4v) is 4.04. The van der Waals surface area contributed by atoms with Crippen LogP contribution in [0.4, 0.5) is 16.4 Å². The first kappa shape index (κ1) is 25.5. The Morgan fingerprint density at radius 3 is 2.27 bits per heavy atom. The SMILES string of the molecule is Cc1cc(C#N)cc(C)c1Oc1nc(Nc2ccc(C#N)cc2)nc2c1CN(C(=O)OC(C)(C)C)CC2. The van der Waals surface area contributed by atoms with Gasteiger partial charge in [0, 0.05) is 18.7 Å². The van der Waals surface area contributed by atoms with Crippen molar-refractivity contribution in [3.8, 4) is 23.8 Å². The molecule has 0 spiro atoms. The molecule has 9 heteroatoms. The molecule has 4 rings (SSSR count). The van der Waals surface area contributed by atoms with Crippen molar-refractivity contribution in [3.05, 3.63) is 69.9 Å². The van der Waals surface area contributed by atoms with Gasteiger partial charge in [0.05, 0.1) is 41.1 Å². The number of benzene rings is 2. The van der Waals surface area contributed by atoms with Gasteiger partial charge in [0.15, 0.2) is 0 Å². The first-order chi connectivity index (χ1) is 17.6. The van der Waals surface area contributed by atoms with E-state index in [4.69, 9.17) is 19.7 Å². The molecule has 0 unspecified atom stereocenters. The number of aryl methyl sites for hydroxylation is 2. The van der Waals surface area contributed by atoms with Crippen LogP contribution in [0.1, 0.15) is 54.3 Å². The molecule has 2 heterocycles. The molecule has 9 nitrogen and oxygen atoms in total. The number of carbonyl (C=O) groups is 1. The Balaban J connectivity index is 1.72. The van der Waals surface area contributed by atoms with Crippen LogP contribution in [0.25, 0.3) is 0 Å². The van der Waals surface area contributed by atoms with Gasteiger partial charge in [0.1, 0.15) is 11.4 Å². The van der Waals surface area contributed by atoms with Gasteiger partial charge in [-0.2, -0.15) is 15.5 Å². The van der Waals surface area contributed by atoms with E-state index >= 15 is 0 Å². The number of rotatable bonds is 4. The highest BCUT2D eigenvalue weighted by atomic mass is 16.6. The summed E-state index contributed by atoms with van der Waals surface area (Å²) < 4.78 is 11.9. The van der Waals surface area contributed by atoms with Crippen LogP contribution in [0, 0.1) is 36.5 Å². The van der Waals surface area contributed by atoms with Gasteiger partial charge in [-0.25, -0.2) is 9.78 Å². The fraction of sp³-hybridized carbons (Fsp3) is 0.321. The number of ether oxygens (including phenoxy) is 2. The number of fused-ring (bicyclic) bond motifs is 1. The van der Waals surface area contributed by atoms with Crippen molar-refractivity contribution in [1.82, 2.24) is 14.9 Å². The van der Waals surface area contributed by atoms with E-state index in [2.05, 4.69) is 22.4 Å². The summed E-state index contributed by atoms with van der Waals surface area (Å²) in [6, 6.07) is 14.8. The highest BCUT2D eigenvalue weighted by Gasteiger charge is 2.30. The smallest absolute Gasteiger partial charge is 0.410 e. The Hall–Kier alpha value is -4.63. The van der Waals surface area contributed by atoms with Crippen molar-refractivity contribution < 1.29 is 14.3 Å². The van der Waals surface area contributed by atoms with Crippen LogP contribution in [0.3, 0.4) is 0 Å². The second-order valence-corrected chi connectivity index (χ2v) is 9.90. The number of aromatic nitrogens is 2. The van der Waals surface area contributed by atoms with Gasteiger partial charge in [-0.15, -0.1) is 0 Å². The molecule has 0 fully saturated rings. The number of hydrogen-bond donors (Lipinski definition) is 1. The van der Waals surface area contributed by atoms with Crippen LogP contribution in [-0.4, -0.2) is 33.1 Å². The summed E-state index contributed by atoms with van der Waals surface area (Å²) in [6.07, 6.45) is 0.0931. The zero-order valence-electron chi connectivity index (χ0n) is 21.5. The predicted molar refractivity (Wildman–Crippen MR) is 138 cm³/mol. The number of anilines is 2. The van der Waals surface area contributed by atoms with E-state index in [1.165, 1.54) is 0 Å². The number of nitriles is 2. The van der Waals surface area contributed by atoms with Crippen molar-refractivity contribution in [2.75, 3.05) is 11.9 Å². The number of nitrogens with one attached hydrogen (secondary N) is 1.